The third-order valence-corrected chi connectivity index (χ3v) is 13.5. The van der Waals surface area contributed by atoms with Crippen LogP contribution in [0.4, 0.5) is 17.6 Å². The monoisotopic (exact) mass is 1050 g/mol. The van der Waals surface area contributed by atoms with Gasteiger partial charge in [-0.15, -0.1) is 6.58 Å². The van der Waals surface area contributed by atoms with Gasteiger partial charge in [-0.3, -0.25) is 9.73 Å². The molecule has 3 rings (SSSR count). The van der Waals surface area contributed by atoms with Gasteiger partial charge in [0.1, 0.15) is 6.10 Å². The van der Waals surface area contributed by atoms with Gasteiger partial charge in [0.25, 0.3) is 8.32 Å². The van der Waals surface area contributed by atoms with Crippen molar-refractivity contribution in [3.63, 3.8) is 0 Å². The maximum Gasteiger partial charge on any atom is 0.377 e. The summed E-state index contributed by atoms with van der Waals surface area (Å²) in [7, 11) is 0.653. The number of halogens is 6. The van der Waals surface area contributed by atoms with E-state index in [0.29, 0.717) is 26.1 Å². The predicted molar refractivity (Wildman–Crippen MR) is 215 cm³/mol. The standard InChI is InChI=1S/C20H26OSi.C8H13F2IO2.C7H10F2O3.CH2I.CH3.2V/c1-5-6-17-21-22(20(2,3)4,18-13-9-7-10-14-18)19-15-11-8-12-16-19;1-6(12)8(9,10)5-7(11)3-4-13-2;1-11-3-2-5-4-7(8,9)6(10)12-5;1-2;;;/h5,7-16H,1,6,17H2,2-4H3;7H,3-5H2,1-2H3;5H,2-4H2,1H3;1H2;1H3;;/q;;;2*-1;;. The van der Waals surface area contributed by atoms with Crippen LogP contribution in [0.2, 0.25) is 5.04 Å². The van der Waals surface area contributed by atoms with E-state index in [2.05, 4.69) is 102 Å². The Hall–Kier alpha value is -0.234. The maximum atomic E-state index is 12.8. The number of ether oxygens (including phenoxy) is 3. The number of hydrogen-bond acceptors (Lipinski definition) is 6. The molecule has 0 amide bonds. The second-order valence-corrected chi connectivity index (χ2v) is 18.2. The molecule has 1 aliphatic heterocycles. The Balaban J connectivity index is -0.000000335. The first-order valence-electron chi connectivity index (χ1n) is 15.7. The molecule has 2 aromatic rings. The summed E-state index contributed by atoms with van der Waals surface area (Å²) in [6.45, 7) is 13.1. The fraction of sp³-hybridized carbons (Fsp3) is 0.514. The van der Waals surface area contributed by atoms with E-state index in [0.717, 1.165) is 20.0 Å². The van der Waals surface area contributed by atoms with E-state index in [-0.39, 0.29) is 53.5 Å². The Labute approximate surface area is 361 Å². The Bertz CT molecular complexity index is 1190. The molecule has 1 aliphatic rings. The Morgan fingerprint density at radius 3 is 1.81 bits per heavy atom. The summed E-state index contributed by atoms with van der Waals surface area (Å²) in [4.78, 5) is 24.2. The van der Waals surface area contributed by atoms with Crippen LogP contribution in [-0.2, 0) is 65.3 Å². The Morgan fingerprint density at radius 1 is 1.00 bits per heavy atom. The fourth-order valence-corrected chi connectivity index (χ4v) is 10.3. The van der Waals surface area contributed by atoms with Gasteiger partial charge in [-0.1, -0.05) is 110 Å². The molecule has 2 unspecified atom stereocenters. The van der Waals surface area contributed by atoms with E-state index in [1.54, 1.807) is 0 Å². The van der Waals surface area contributed by atoms with Crippen LogP contribution in [0.15, 0.2) is 73.3 Å². The normalized spacial score (nSPS) is 15.1. The summed E-state index contributed by atoms with van der Waals surface area (Å²) in [5.74, 6) is -8.95. The SMILES string of the molecule is C=CCCO[Si](c1ccccc1)(c1ccccc1)C(C)(C)C.COCCC(I)CC(F)(F)C(C)=O.COCCC1CC(F)(F)C(=O)O1.[CH2-]I.[CH3-].[V].[V]. The summed E-state index contributed by atoms with van der Waals surface area (Å²) in [6.07, 6.45) is 2.08. The van der Waals surface area contributed by atoms with Gasteiger partial charge in [0.15, 0.2) is 5.78 Å². The molecule has 2 aromatic carbocycles. The zero-order valence-electron chi connectivity index (χ0n) is 31.2. The molecule has 0 saturated carbocycles. The van der Waals surface area contributed by atoms with Gasteiger partial charge in [-0.2, -0.15) is 17.6 Å². The number of benzene rings is 2. The molecule has 6 nitrogen and oxygen atoms in total. The van der Waals surface area contributed by atoms with E-state index in [1.807, 2.05) is 51.3 Å². The van der Waals surface area contributed by atoms with Crippen molar-refractivity contribution in [1.29, 1.82) is 0 Å². The number of rotatable bonds is 15. The number of Topliss-reactive ketones (excluding diaryl/α,β-unsaturated/α-hetero) is 1. The van der Waals surface area contributed by atoms with Crippen LogP contribution in [0.3, 0.4) is 0 Å². The molecule has 0 N–H and O–H groups in total. The second-order valence-electron chi connectivity index (χ2n) is 12.1. The smallest absolute Gasteiger partial charge is 0.377 e. The fourth-order valence-electron chi connectivity index (χ4n) is 4.89. The van der Waals surface area contributed by atoms with E-state index in [4.69, 9.17) is 9.16 Å². The van der Waals surface area contributed by atoms with Crippen molar-refractivity contribution in [2.75, 3.05) is 34.0 Å². The molecule has 0 bridgehead atoms. The maximum absolute atomic E-state index is 12.8. The average Bonchev–Trinajstić information content (AvgIpc) is 3.33. The molecule has 52 heavy (non-hydrogen) atoms. The van der Waals surface area contributed by atoms with Crippen molar-refractivity contribution in [3.05, 3.63) is 85.7 Å². The summed E-state index contributed by atoms with van der Waals surface area (Å²) in [5.41, 5.74) is 0. The van der Waals surface area contributed by atoms with Crippen molar-refractivity contribution >= 4 is 75.6 Å². The molecule has 0 aliphatic carbocycles. The molecular formula is C37H54F4I2O6SiV2-2. The van der Waals surface area contributed by atoms with Crippen LogP contribution >= 0.6 is 45.2 Å². The third kappa shape index (κ3) is 20.1. The van der Waals surface area contributed by atoms with Crippen LogP contribution < -0.4 is 10.4 Å². The van der Waals surface area contributed by atoms with Gasteiger partial charge in [0, 0.05) is 94.8 Å². The quantitative estimate of drug-likeness (QED) is 0.0259. The van der Waals surface area contributed by atoms with Gasteiger partial charge in [0.2, 0.25) is 0 Å². The summed E-state index contributed by atoms with van der Waals surface area (Å²) >= 11 is 3.81. The number of carbonyl (C=O) groups is 2. The molecule has 1 fully saturated rings. The number of ketones is 1. The largest absolute Gasteiger partial charge is 0.458 e. The topological polar surface area (TPSA) is 71.1 Å². The van der Waals surface area contributed by atoms with Gasteiger partial charge in [0.05, 0.1) is 6.42 Å². The van der Waals surface area contributed by atoms with Crippen molar-refractivity contribution in [2.45, 2.75) is 86.7 Å². The summed E-state index contributed by atoms with van der Waals surface area (Å²) < 4.78 is 70.9. The number of methoxy groups -OCH3 is 2. The van der Waals surface area contributed by atoms with Crippen molar-refractivity contribution < 1.29 is 82.9 Å². The molecule has 0 aromatic heterocycles. The molecular weight excluding hydrogens is 1000 g/mol. The molecule has 1 heterocycles. The molecule has 296 valence electrons. The van der Waals surface area contributed by atoms with E-state index in [9.17, 15) is 27.2 Å². The second kappa shape index (κ2) is 30.0. The van der Waals surface area contributed by atoms with Crippen molar-refractivity contribution in [1.82, 2.24) is 0 Å². The Kier molecular flexibility index (Phi) is 33.7. The minimum absolute atomic E-state index is 0. The van der Waals surface area contributed by atoms with Crippen LogP contribution in [-0.4, -0.2) is 76.0 Å². The summed E-state index contributed by atoms with van der Waals surface area (Å²) in [5, 5.41) is 2.71. The number of esters is 1. The molecule has 0 spiro atoms. The van der Waals surface area contributed by atoms with Gasteiger partial charge >= 0.3 is 17.8 Å². The number of hydrogen-bond donors (Lipinski definition) is 0. The third-order valence-electron chi connectivity index (χ3n) is 7.39. The first kappa shape index (κ1) is 58.5. The molecule has 1 saturated heterocycles. The first-order valence-corrected chi connectivity index (χ1v) is 20.4. The van der Waals surface area contributed by atoms with E-state index >= 15 is 0 Å². The average molecular weight is 1050 g/mol. The Morgan fingerprint density at radius 2 is 1.46 bits per heavy atom. The van der Waals surface area contributed by atoms with Crippen LogP contribution in [0.5, 0.6) is 0 Å². The van der Waals surface area contributed by atoms with Gasteiger partial charge in [-0.05, 0) is 28.3 Å². The predicted octanol–water partition coefficient (Wildman–Crippen LogP) is 9.21. The molecule has 15 heteroatoms. The van der Waals surface area contributed by atoms with Crippen molar-refractivity contribution in [2.24, 2.45) is 0 Å². The number of cyclic esters (lactones) is 1. The molecule has 2 radical (unpaired) electrons. The number of alkyl halides is 5. The van der Waals surface area contributed by atoms with Crippen LogP contribution in [0.1, 0.15) is 59.8 Å². The minimum Gasteiger partial charge on any atom is -0.458 e. The van der Waals surface area contributed by atoms with Crippen LogP contribution in [0.25, 0.3) is 0 Å². The first-order chi connectivity index (χ1) is 23.0. The van der Waals surface area contributed by atoms with E-state index < -0.39 is 50.9 Å². The zero-order valence-corrected chi connectivity index (χ0v) is 39.3. The van der Waals surface area contributed by atoms with E-state index in [1.165, 1.54) is 24.6 Å². The molecule has 2 atom stereocenters. The van der Waals surface area contributed by atoms with Gasteiger partial charge in [-0.25, -0.2) is 4.79 Å². The van der Waals surface area contributed by atoms with Crippen molar-refractivity contribution in [3.8, 4) is 0 Å². The minimum atomic E-state index is -3.29. The zero-order chi connectivity index (χ0) is 37.7. The summed E-state index contributed by atoms with van der Waals surface area (Å²) in [6, 6.07) is 21.5. The van der Waals surface area contributed by atoms with Gasteiger partial charge < -0.3 is 48.7 Å². The number of carbonyl (C=O) groups excluding carboxylic acids is 2. The van der Waals surface area contributed by atoms with Crippen LogP contribution in [0, 0.1) is 12.4 Å².